The van der Waals surface area contributed by atoms with Crippen LogP contribution in [-0.4, -0.2) is 9.78 Å². The molecule has 2 aromatic rings. The van der Waals surface area contributed by atoms with Crippen molar-refractivity contribution < 1.29 is 4.39 Å². The highest BCUT2D eigenvalue weighted by Gasteiger charge is 2.14. The first-order valence-corrected chi connectivity index (χ1v) is 7.79. The van der Waals surface area contributed by atoms with Gasteiger partial charge in [-0.2, -0.15) is 5.10 Å². The molecule has 1 aromatic heterocycles. The first-order valence-electron chi connectivity index (χ1n) is 7.00. The van der Waals surface area contributed by atoms with E-state index in [9.17, 15) is 4.39 Å². The fraction of sp³-hybridized carbons (Fsp3) is 0.400. The van der Waals surface area contributed by atoms with Crippen molar-refractivity contribution in [2.75, 3.05) is 0 Å². The van der Waals surface area contributed by atoms with Crippen LogP contribution in [0.2, 0.25) is 0 Å². The van der Waals surface area contributed by atoms with Gasteiger partial charge in [0.2, 0.25) is 0 Å². The van der Waals surface area contributed by atoms with Gasteiger partial charge in [-0.3, -0.25) is 16.0 Å². The van der Waals surface area contributed by atoms with Crippen molar-refractivity contribution in [3.8, 4) is 0 Å². The summed E-state index contributed by atoms with van der Waals surface area (Å²) >= 11 is 3.20. The van der Waals surface area contributed by atoms with Crippen molar-refractivity contribution in [1.82, 2.24) is 15.2 Å². The molecule has 0 amide bonds. The maximum absolute atomic E-state index is 13.3. The summed E-state index contributed by atoms with van der Waals surface area (Å²) < 4.78 is 15.7. The summed E-state index contributed by atoms with van der Waals surface area (Å²) in [5, 5.41) is 4.57. The molecule has 2 rings (SSSR count). The van der Waals surface area contributed by atoms with Crippen LogP contribution in [-0.2, 0) is 6.42 Å². The summed E-state index contributed by atoms with van der Waals surface area (Å²) in [5.74, 6) is 5.36. The summed E-state index contributed by atoms with van der Waals surface area (Å²) in [6, 6.07) is 7.17. The lowest BCUT2D eigenvalue weighted by molar-refractivity contribution is 0.467. The van der Waals surface area contributed by atoms with Crippen LogP contribution in [0.25, 0.3) is 0 Å². The minimum absolute atomic E-state index is 0.109. The monoisotopic (exact) mass is 354 g/mol. The highest BCUT2D eigenvalue weighted by molar-refractivity contribution is 9.10. The van der Waals surface area contributed by atoms with Crippen molar-refractivity contribution in [2.24, 2.45) is 5.84 Å². The molecule has 4 nitrogen and oxygen atoms in total. The molecular weight excluding hydrogens is 335 g/mol. The van der Waals surface area contributed by atoms with Gasteiger partial charge in [0.1, 0.15) is 5.82 Å². The lowest BCUT2D eigenvalue weighted by Gasteiger charge is -2.16. The van der Waals surface area contributed by atoms with E-state index in [0.29, 0.717) is 16.9 Å². The van der Waals surface area contributed by atoms with Crippen LogP contribution in [0.3, 0.4) is 0 Å². The second-order valence-corrected chi connectivity index (χ2v) is 6.00. The van der Waals surface area contributed by atoms with E-state index < -0.39 is 0 Å². The Morgan fingerprint density at radius 2 is 2.19 bits per heavy atom. The zero-order valence-corrected chi connectivity index (χ0v) is 13.8. The number of hydrogen-bond acceptors (Lipinski definition) is 3. The molecule has 1 heterocycles. The number of hydrogen-bond donors (Lipinski definition) is 2. The number of rotatable bonds is 6. The molecule has 0 fully saturated rings. The van der Waals surface area contributed by atoms with Gasteiger partial charge in [0, 0.05) is 18.7 Å². The highest BCUT2D eigenvalue weighted by Crippen LogP contribution is 2.23. The molecule has 0 saturated carbocycles. The van der Waals surface area contributed by atoms with Crippen LogP contribution in [0.4, 0.5) is 4.39 Å². The Labute approximate surface area is 132 Å². The Morgan fingerprint density at radius 3 is 2.81 bits per heavy atom. The van der Waals surface area contributed by atoms with Crippen LogP contribution >= 0.6 is 15.9 Å². The Morgan fingerprint density at radius 1 is 1.43 bits per heavy atom. The molecule has 21 heavy (non-hydrogen) atoms. The molecule has 0 aliphatic carbocycles. The van der Waals surface area contributed by atoms with E-state index in [1.54, 1.807) is 12.1 Å². The van der Waals surface area contributed by atoms with E-state index >= 15 is 0 Å². The fourth-order valence-corrected chi connectivity index (χ4v) is 2.53. The largest absolute Gasteiger partial charge is 0.271 e. The summed E-state index contributed by atoms with van der Waals surface area (Å²) in [6.45, 7) is 4.26. The number of nitrogens with one attached hydrogen (secondary N) is 1. The molecule has 0 spiro atoms. The summed E-state index contributed by atoms with van der Waals surface area (Å²) in [7, 11) is 0. The average molecular weight is 355 g/mol. The smallest absolute Gasteiger partial charge is 0.137 e. The fourth-order valence-electron chi connectivity index (χ4n) is 2.13. The van der Waals surface area contributed by atoms with Gasteiger partial charge >= 0.3 is 0 Å². The number of aromatic nitrogens is 2. The lowest BCUT2D eigenvalue weighted by Crippen LogP contribution is -2.29. The second kappa shape index (κ2) is 7.15. The number of hydrazine groups is 1. The Balaban J connectivity index is 2.15. The van der Waals surface area contributed by atoms with Crippen LogP contribution < -0.4 is 11.3 Å². The van der Waals surface area contributed by atoms with E-state index in [1.807, 2.05) is 16.9 Å². The van der Waals surface area contributed by atoms with E-state index in [0.717, 1.165) is 17.7 Å². The molecule has 0 aliphatic rings. The Hall–Kier alpha value is -1.24. The minimum atomic E-state index is -0.282. The van der Waals surface area contributed by atoms with Gasteiger partial charge in [-0.1, -0.05) is 13.0 Å². The predicted octanol–water partition coefficient (Wildman–Crippen LogP) is 3.50. The number of halogens is 2. The van der Waals surface area contributed by atoms with Gasteiger partial charge in [-0.25, -0.2) is 4.39 Å². The molecular formula is C15H20BrFN4. The normalized spacial score (nSPS) is 14.1. The molecule has 0 saturated heterocycles. The zero-order chi connectivity index (χ0) is 15.4. The van der Waals surface area contributed by atoms with Crippen LogP contribution in [0.1, 0.15) is 43.6 Å². The third-order valence-corrected chi connectivity index (χ3v) is 4.27. The molecule has 2 unspecified atom stereocenters. The molecule has 2 atom stereocenters. The van der Waals surface area contributed by atoms with E-state index in [2.05, 4.69) is 40.3 Å². The zero-order valence-electron chi connectivity index (χ0n) is 12.2. The van der Waals surface area contributed by atoms with Crippen LogP contribution in [0, 0.1) is 5.82 Å². The van der Waals surface area contributed by atoms with Crippen molar-refractivity contribution in [3.05, 3.63) is 52.0 Å². The summed E-state index contributed by atoms with van der Waals surface area (Å²) in [6.07, 6.45) is 3.67. The average Bonchev–Trinajstić information content (AvgIpc) is 2.95. The van der Waals surface area contributed by atoms with E-state index in [4.69, 9.17) is 5.84 Å². The van der Waals surface area contributed by atoms with Crippen LogP contribution in [0.5, 0.6) is 0 Å². The first-order chi connectivity index (χ1) is 10.0. The summed E-state index contributed by atoms with van der Waals surface area (Å²) in [4.78, 5) is 0. The highest BCUT2D eigenvalue weighted by atomic mass is 79.9. The van der Waals surface area contributed by atoms with E-state index in [1.165, 1.54) is 6.07 Å². The molecule has 0 aliphatic heterocycles. The maximum atomic E-state index is 13.3. The van der Waals surface area contributed by atoms with Gasteiger partial charge < -0.3 is 0 Å². The third-order valence-electron chi connectivity index (χ3n) is 3.67. The van der Waals surface area contributed by atoms with Crippen molar-refractivity contribution in [3.63, 3.8) is 0 Å². The lowest BCUT2D eigenvalue weighted by atomic mass is 10.0. The molecule has 1 aromatic carbocycles. The quantitative estimate of drug-likeness (QED) is 0.616. The van der Waals surface area contributed by atoms with Gasteiger partial charge in [-0.15, -0.1) is 0 Å². The SMILES string of the molecule is CCC(C)n1ccc(CC(NN)c2ccc(F)c(Br)c2)n1. The molecule has 6 heteroatoms. The first kappa shape index (κ1) is 16.1. The standard InChI is InChI=1S/C15H20BrFN4/c1-3-10(2)21-7-6-12(20-21)9-15(19-18)11-4-5-14(17)13(16)8-11/h4-8,10,15,19H,3,9,18H2,1-2H3. The third kappa shape index (κ3) is 3.90. The topological polar surface area (TPSA) is 55.9 Å². The molecule has 0 bridgehead atoms. The van der Waals surface area contributed by atoms with Crippen molar-refractivity contribution in [1.29, 1.82) is 0 Å². The number of benzene rings is 1. The minimum Gasteiger partial charge on any atom is -0.271 e. The predicted molar refractivity (Wildman–Crippen MR) is 85.1 cm³/mol. The van der Waals surface area contributed by atoms with Crippen molar-refractivity contribution in [2.45, 2.75) is 38.8 Å². The molecule has 114 valence electrons. The molecule has 0 radical (unpaired) electrons. The van der Waals surface area contributed by atoms with Gasteiger partial charge in [0.25, 0.3) is 0 Å². The molecule has 3 N–H and O–H groups in total. The van der Waals surface area contributed by atoms with Gasteiger partial charge in [-0.05, 0) is 53.0 Å². The Bertz CT molecular complexity index is 599. The maximum Gasteiger partial charge on any atom is 0.137 e. The Kier molecular flexibility index (Phi) is 5.50. The van der Waals surface area contributed by atoms with Crippen molar-refractivity contribution >= 4 is 15.9 Å². The summed E-state index contributed by atoms with van der Waals surface area (Å²) in [5.41, 5.74) is 4.65. The van der Waals surface area contributed by atoms with E-state index in [-0.39, 0.29) is 11.9 Å². The number of nitrogens with two attached hydrogens (primary N) is 1. The van der Waals surface area contributed by atoms with Gasteiger partial charge in [0.05, 0.1) is 16.2 Å². The number of nitrogens with zero attached hydrogens (tertiary/aromatic N) is 2. The van der Waals surface area contributed by atoms with Gasteiger partial charge in [0.15, 0.2) is 0 Å². The van der Waals surface area contributed by atoms with Crippen LogP contribution in [0.15, 0.2) is 34.9 Å². The second-order valence-electron chi connectivity index (χ2n) is 5.14.